The van der Waals surface area contributed by atoms with E-state index in [0.29, 0.717) is 5.57 Å². The average Bonchev–Trinajstić information content (AvgIpc) is 2.12. The second kappa shape index (κ2) is 5.35. The van der Waals surface area contributed by atoms with E-state index in [0.717, 1.165) is 0 Å². The highest BCUT2D eigenvalue weighted by Crippen LogP contribution is 2.12. The highest BCUT2D eigenvalue weighted by Gasteiger charge is 2.17. The molecule has 0 saturated heterocycles. The molecule has 74 valence electrons. The third-order valence-electron chi connectivity index (χ3n) is 1.74. The molecule has 0 rings (SSSR count). The molecule has 1 atom stereocenters. The third-order valence-corrected chi connectivity index (χ3v) is 1.74. The summed E-state index contributed by atoms with van der Waals surface area (Å²) in [6, 6.07) is 0. The van der Waals surface area contributed by atoms with Gasteiger partial charge in [0.25, 0.3) is 0 Å². The number of hydrogen-bond acceptors (Lipinski definition) is 3. The maximum atomic E-state index is 11.0. The van der Waals surface area contributed by atoms with E-state index < -0.39 is 17.9 Å². The summed E-state index contributed by atoms with van der Waals surface area (Å²) < 4.78 is 4.48. The van der Waals surface area contributed by atoms with Crippen molar-refractivity contribution in [2.75, 3.05) is 7.11 Å². The number of carbonyl (C=O) groups excluding carboxylic acids is 1. The SMILES string of the molecule is C/C=C(\C[C@H](C)C(=O)O)C(=O)OC. The minimum atomic E-state index is -0.914. The number of carbonyl (C=O) groups is 2. The molecule has 0 heterocycles. The fourth-order valence-electron chi connectivity index (χ4n) is 0.867. The van der Waals surface area contributed by atoms with Gasteiger partial charge in [0.2, 0.25) is 0 Å². The molecule has 4 heteroatoms. The number of methoxy groups -OCH3 is 1. The lowest BCUT2D eigenvalue weighted by Gasteiger charge is -2.07. The number of aliphatic carboxylic acids is 1. The molecular formula is C9H14O4. The first-order chi connectivity index (χ1) is 6.02. The molecule has 4 nitrogen and oxygen atoms in total. The molecule has 0 aromatic heterocycles. The fourth-order valence-corrected chi connectivity index (χ4v) is 0.867. The molecule has 0 radical (unpaired) electrons. The van der Waals surface area contributed by atoms with Crippen LogP contribution < -0.4 is 0 Å². The fraction of sp³-hybridized carbons (Fsp3) is 0.556. The second-order valence-corrected chi connectivity index (χ2v) is 2.75. The topological polar surface area (TPSA) is 63.6 Å². The van der Waals surface area contributed by atoms with Crippen LogP contribution in [0.15, 0.2) is 11.6 Å². The van der Waals surface area contributed by atoms with Crippen LogP contribution in [0.3, 0.4) is 0 Å². The van der Waals surface area contributed by atoms with E-state index in [1.807, 2.05) is 0 Å². The zero-order chi connectivity index (χ0) is 10.4. The Hall–Kier alpha value is -1.32. The van der Waals surface area contributed by atoms with E-state index in [1.54, 1.807) is 19.9 Å². The lowest BCUT2D eigenvalue weighted by atomic mass is 10.0. The highest BCUT2D eigenvalue weighted by molar-refractivity contribution is 5.89. The number of allylic oxidation sites excluding steroid dienone is 1. The largest absolute Gasteiger partial charge is 0.481 e. The van der Waals surface area contributed by atoms with Crippen LogP contribution in [-0.2, 0) is 14.3 Å². The van der Waals surface area contributed by atoms with Gasteiger partial charge in [0.05, 0.1) is 13.0 Å². The molecule has 0 aliphatic carbocycles. The van der Waals surface area contributed by atoms with Crippen LogP contribution in [-0.4, -0.2) is 24.2 Å². The molecule has 0 amide bonds. The van der Waals surface area contributed by atoms with E-state index in [-0.39, 0.29) is 6.42 Å². The lowest BCUT2D eigenvalue weighted by molar-refractivity contribution is -0.141. The van der Waals surface area contributed by atoms with Crippen molar-refractivity contribution in [3.8, 4) is 0 Å². The number of ether oxygens (including phenoxy) is 1. The summed E-state index contributed by atoms with van der Waals surface area (Å²) in [7, 11) is 1.28. The van der Waals surface area contributed by atoms with Crippen molar-refractivity contribution in [3.05, 3.63) is 11.6 Å². The van der Waals surface area contributed by atoms with Crippen LogP contribution >= 0.6 is 0 Å². The quantitative estimate of drug-likeness (QED) is 0.529. The zero-order valence-corrected chi connectivity index (χ0v) is 8.03. The van der Waals surface area contributed by atoms with Gasteiger partial charge < -0.3 is 9.84 Å². The van der Waals surface area contributed by atoms with Crippen molar-refractivity contribution in [2.45, 2.75) is 20.3 Å². The van der Waals surface area contributed by atoms with Gasteiger partial charge in [-0.3, -0.25) is 4.79 Å². The minimum Gasteiger partial charge on any atom is -0.481 e. The van der Waals surface area contributed by atoms with Gasteiger partial charge in [0.15, 0.2) is 0 Å². The minimum absolute atomic E-state index is 0.207. The van der Waals surface area contributed by atoms with Gasteiger partial charge in [-0.05, 0) is 13.3 Å². The first-order valence-electron chi connectivity index (χ1n) is 3.99. The van der Waals surface area contributed by atoms with Crippen LogP contribution in [0.25, 0.3) is 0 Å². The van der Waals surface area contributed by atoms with Gasteiger partial charge in [0, 0.05) is 5.57 Å². The third kappa shape index (κ3) is 3.73. The van der Waals surface area contributed by atoms with Crippen LogP contribution in [0.2, 0.25) is 0 Å². The van der Waals surface area contributed by atoms with Crippen molar-refractivity contribution in [1.29, 1.82) is 0 Å². The van der Waals surface area contributed by atoms with Crippen molar-refractivity contribution in [1.82, 2.24) is 0 Å². The Morgan fingerprint density at radius 2 is 2.08 bits per heavy atom. The molecule has 0 aromatic rings. The van der Waals surface area contributed by atoms with E-state index >= 15 is 0 Å². The molecule has 0 spiro atoms. The van der Waals surface area contributed by atoms with E-state index in [2.05, 4.69) is 4.74 Å². The standard InChI is InChI=1S/C9H14O4/c1-4-7(9(12)13-3)5-6(2)8(10)11/h4,6H,5H2,1-3H3,(H,10,11)/b7-4+/t6-/m0/s1. The van der Waals surface area contributed by atoms with Crippen LogP contribution in [0.1, 0.15) is 20.3 Å². The van der Waals surface area contributed by atoms with Crippen LogP contribution in [0, 0.1) is 5.92 Å². The molecule has 0 aliphatic rings. The molecule has 0 saturated carbocycles. The molecule has 0 bridgehead atoms. The summed E-state index contributed by atoms with van der Waals surface area (Å²) >= 11 is 0. The van der Waals surface area contributed by atoms with Crippen molar-refractivity contribution < 1.29 is 19.4 Å². The Morgan fingerprint density at radius 3 is 2.38 bits per heavy atom. The number of hydrogen-bond donors (Lipinski definition) is 1. The monoisotopic (exact) mass is 186 g/mol. The van der Waals surface area contributed by atoms with Crippen LogP contribution in [0.4, 0.5) is 0 Å². The summed E-state index contributed by atoms with van der Waals surface area (Å²) in [5, 5.41) is 8.60. The maximum Gasteiger partial charge on any atom is 0.333 e. The zero-order valence-electron chi connectivity index (χ0n) is 8.03. The van der Waals surface area contributed by atoms with Gasteiger partial charge in [-0.15, -0.1) is 0 Å². The number of esters is 1. The van der Waals surface area contributed by atoms with E-state index in [4.69, 9.17) is 5.11 Å². The highest BCUT2D eigenvalue weighted by atomic mass is 16.5. The average molecular weight is 186 g/mol. The van der Waals surface area contributed by atoms with Gasteiger partial charge in [-0.2, -0.15) is 0 Å². The summed E-state index contributed by atoms with van der Waals surface area (Å²) in [6.07, 6.45) is 1.78. The smallest absolute Gasteiger partial charge is 0.333 e. The molecular weight excluding hydrogens is 172 g/mol. The molecule has 13 heavy (non-hydrogen) atoms. The maximum absolute atomic E-state index is 11.0. The second-order valence-electron chi connectivity index (χ2n) is 2.75. The molecule has 0 aliphatic heterocycles. The predicted molar refractivity (Wildman–Crippen MR) is 47.2 cm³/mol. The van der Waals surface area contributed by atoms with E-state index in [9.17, 15) is 9.59 Å². The summed E-state index contributed by atoms with van der Waals surface area (Å²) in [5.74, 6) is -1.94. The first kappa shape index (κ1) is 11.7. The lowest BCUT2D eigenvalue weighted by Crippen LogP contribution is -2.14. The van der Waals surface area contributed by atoms with Crippen molar-refractivity contribution >= 4 is 11.9 Å². The molecule has 1 N–H and O–H groups in total. The Bertz CT molecular complexity index is 230. The van der Waals surface area contributed by atoms with Gasteiger partial charge in [0.1, 0.15) is 0 Å². The van der Waals surface area contributed by atoms with Crippen molar-refractivity contribution in [3.63, 3.8) is 0 Å². The molecule has 0 aromatic carbocycles. The predicted octanol–water partition coefficient (Wildman–Crippen LogP) is 1.22. The Labute approximate surface area is 77.2 Å². The van der Waals surface area contributed by atoms with Crippen molar-refractivity contribution in [2.24, 2.45) is 5.92 Å². The Balaban J connectivity index is 4.31. The number of rotatable bonds is 4. The Morgan fingerprint density at radius 1 is 1.54 bits per heavy atom. The van der Waals surface area contributed by atoms with Crippen LogP contribution in [0.5, 0.6) is 0 Å². The molecule has 0 unspecified atom stereocenters. The van der Waals surface area contributed by atoms with E-state index in [1.165, 1.54) is 7.11 Å². The Kier molecular flexibility index (Phi) is 4.80. The number of carboxylic acid groups (broad SMARTS) is 1. The van der Waals surface area contributed by atoms with Gasteiger partial charge in [-0.1, -0.05) is 13.0 Å². The first-order valence-corrected chi connectivity index (χ1v) is 3.99. The number of carboxylic acids is 1. The normalized spacial score (nSPS) is 13.6. The molecule has 0 fully saturated rings. The van der Waals surface area contributed by atoms with Gasteiger partial charge in [-0.25, -0.2) is 4.79 Å². The summed E-state index contributed by atoms with van der Waals surface area (Å²) in [4.78, 5) is 21.5. The summed E-state index contributed by atoms with van der Waals surface area (Å²) in [6.45, 7) is 3.23. The van der Waals surface area contributed by atoms with Gasteiger partial charge >= 0.3 is 11.9 Å². The summed E-state index contributed by atoms with van der Waals surface area (Å²) in [5.41, 5.74) is 0.400.